The fraction of sp³-hybridized carbons (Fsp3) is 0.667. The first kappa shape index (κ1) is 11.1. The molecule has 3 nitrogen and oxygen atoms in total. The van der Waals surface area contributed by atoms with E-state index in [1.165, 1.54) is 0 Å². The van der Waals surface area contributed by atoms with Crippen molar-refractivity contribution in [3.05, 3.63) is 0 Å². The number of carbonyl (C=O) groups is 1. The van der Waals surface area contributed by atoms with E-state index in [1.807, 2.05) is 0 Å². The van der Waals surface area contributed by atoms with Gasteiger partial charge in [0.05, 0.1) is 0 Å². The molecule has 0 aliphatic heterocycles. The molecule has 0 fully saturated rings. The lowest BCUT2D eigenvalue weighted by Gasteiger charge is -1.97. The van der Waals surface area contributed by atoms with E-state index in [2.05, 4.69) is 0 Å². The Bertz CT molecular complexity index is 69.2. The van der Waals surface area contributed by atoms with Gasteiger partial charge in [0.25, 0.3) is 6.47 Å². The molecule has 2 N–H and O–H groups in total. The molecule has 0 aliphatic carbocycles. The van der Waals surface area contributed by atoms with Crippen LogP contribution in [0, 0.1) is 0 Å². The Morgan fingerprint density at radius 1 is 1.56 bits per heavy atom. The molecule has 0 aromatic heterocycles. The molecule has 0 spiro atoms. The minimum atomic E-state index is -4.12. The van der Waals surface area contributed by atoms with Crippen LogP contribution in [0.3, 0.4) is 0 Å². The lowest BCUT2D eigenvalue weighted by Crippen LogP contribution is -2.15. The van der Waals surface area contributed by atoms with Gasteiger partial charge in [-0.05, 0) is 0 Å². The fourth-order valence-electron chi connectivity index (χ4n) is 0. The van der Waals surface area contributed by atoms with Gasteiger partial charge in [0.15, 0.2) is 6.67 Å². The molecule has 0 aliphatic rings. The SMILES string of the molecule is O=CO.OC(F)(F)CF. The van der Waals surface area contributed by atoms with Crippen molar-refractivity contribution in [3.63, 3.8) is 0 Å². The predicted molar refractivity (Wildman–Crippen MR) is 21.8 cm³/mol. The minimum absolute atomic E-state index is 0.250. The number of halogens is 3. The maximum Gasteiger partial charge on any atom is 0.381 e. The molecular weight excluding hydrogens is 141 g/mol. The number of rotatable bonds is 1. The Morgan fingerprint density at radius 3 is 1.67 bits per heavy atom. The van der Waals surface area contributed by atoms with Gasteiger partial charge in [-0.1, -0.05) is 0 Å². The molecule has 0 atom stereocenters. The van der Waals surface area contributed by atoms with Crippen LogP contribution in [0.4, 0.5) is 13.2 Å². The molecule has 0 amide bonds. The maximum atomic E-state index is 10.6. The van der Waals surface area contributed by atoms with E-state index in [0.717, 1.165) is 0 Å². The lowest BCUT2D eigenvalue weighted by atomic mass is 10.7. The van der Waals surface area contributed by atoms with Crippen molar-refractivity contribution >= 4 is 6.47 Å². The van der Waals surface area contributed by atoms with Crippen LogP contribution in [0.5, 0.6) is 0 Å². The molecule has 0 bridgehead atoms. The molecular formula is C3H5F3O3. The number of hydrogen-bond donors (Lipinski definition) is 2. The highest BCUT2D eigenvalue weighted by atomic mass is 19.3. The van der Waals surface area contributed by atoms with Crippen LogP contribution in [0.15, 0.2) is 0 Å². The smallest absolute Gasteiger partial charge is 0.381 e. The molecule has 0 saturated carbocycles. The summed E-state index contributed by atoms with van der Waals surface area (Å²) in [5, 5.41) is 14.0. The molecule has 9 heavy (non-hydrogen) atoms. The van der Waals surface area contributed by atoms with Crippen LogP contribution < -0.4 is 0 Å². The molecule has 0 aromatic rings. The van der Waals surface area contributed by atoms with E-state index in [0.29, 0.717) is 0 Å². The third-order valence-electron chi connectivity index (χ3n) is 0.161. The van der Waals surface area contributed by atoms with E-state index < -0.39 is 12.8 Å². The van der Waals surface area contributed by atoms with Crippen LogP contribution in [-0.2, 0) is 4.79 Å². The fourth-order valence-corrected chi connectivity index (χ4v) is 0. The molecule has 6 heteroatoms. The molecule has 56 valence electrons. The maximum absolute atomic E-state index is 10.6. The predicted octanol–water partition coefficient (Wildman–Crippen LogP) is 0.242. The lowest BCUT2D eigenvalue weighted by molar-refractivity contribution is -0.208. The Hall–Kier alpha value is -0.780. The molecule has 0 unspecified atom stereocenters. The summed E-state index contributed by atoms with van der Waals surface area (Å²) < 4.78 is 31.8. The molecule has 0 saturated heterocycles. The van der Waals surface area contributed by atoms with Crippen molar-refractivity contribution in [3.8, 4) is 0 Å². The zero-order chi connectivity index (χ0) is 7.91. The summed E-state index contributed by atoms with van der Waals surface area (Å²) in [5.41, 5.74) is 0. The summed E-state index contributed by atoms with van der Waals surface area (Å²) in [7, 11) is 0. The Kier molecular flexibility index (Phi) is 6.59. The van der Waals surface area contributed by atoms with Crippen LogP contribution in [0.25, 0.3) is 0 Å². The molecule has 0 heterocycles. The second kappa shape index (κ2) is 5.36. The number of carboxylic acid groups (broad SMARTS) is 1. The average molecular weight is 146 g/mol. The highest BCUT2D eigenvalue weighted by Crippen LogP contribution is 2.06. The van der Waals surface area contributed by atoms with Crippen molar-refractivity contribution in [1.82, 2.24) is 0 Å². The second-order valence-corrected chi connectivity index (χ2v) is 0.905. The largest absolute Gasteiger partial charge is 0.483 e. The number of hydrogen-bond acceptors (Lipinski definition) is 2. The van der Waals surface area contributed by atoms with E-state index in [4.69, 9.17) is 15.0 Å². The van der Waals surface area contributed by atoms with E-state index in [-0.39, 0.29) is 6.47 Å². The summed E-state index contributed by atoms with van der Waals surface area (Å²) in [6, 6.07) is 0. The van der Waals surface area contributed by atoms with Crippen LogP contribution in [0.1, 0.15) is 0 Å². The summed E-state index contributed by atoms with van der Waals surface area (Å²) in [6.07, 6.45) is -4.12. The highest BCUT2D eigenvalue weighted by Gasteiger charge is 2.22. The third-order valence-corrected chi connectivity index (χ3v) is 0.161. The average Bonchev–Trinajstić information content (AvgIpc) is 1.67. The van der Waals surface area contributed by atoms with Crippen molar-refractivity contribution in [2.45, 2.75) is 6.11 Å². The van der Waals surface area contributed by atoms with Crippen molar-refractivity contribution in [1.29, 1.82) is 0 Å². The summed E-state index contributed by atoms with van der Waals surface area (Å²) in [4.78, 5) is 8.36. The van der Waals surface area contributed by atoms with E-state index in [9.17, 15) is 13.2 Å². The van der Waals surface area contributed by atoms with E-state index >= 15 is 0 Å². The van der Waals surface area contributed by atoms with Gasteiger partial charge < -0.3 is 10.2 Å². The topological polar surface area (TPSA) is 57.5 Å². The second-order valence-electron chi connectivity index (χ2n) is 0.905. The van der Waals surface area contributed by atoms with Gasteiger partial charge in [-0.25, -0.2) is 4.39 Å². The molecule has 0 aromatic carbocycles. The van der Waals surface area contributed by atoms with Crippen molar-refractivity contribution in [2.75, 3.05) is 6.67 Å². The van der Waals surface area contributed by atoms with Crippen molar-refractivity contribution in [2.24, 2.45) is 0 Å². The number of alkyl halides is 3. The van der Waals surface area contributed by atoms with Gasteiger partial charge in [0.2, 0.25) is 0 Å². The van der Waals surface area contributed by atoms with Crippen LogP contribution in [-0.4, -0.2) is 29.5 Å². The van der Waals surface area contributed by atoms with Gasteiger partial charge in [-0.2, -0.15) is 8.78 Å². The molecule has 0 rings (SSSR count). The van der Waals surface area contributed by atoms with Gasteiger partial charge >= 0.3 is 6.11 Å². The van der Waals surface area contributed by atoms with Gasteiger partial charge in [0, 0.05) is 0 Å². The Morgan fingerprint density at radius 2 is 1.67 bits per heavy atom. The standard InChI is InChI=1S/C2H3F3O.CH2O2/c3-1-2(4,5)6;2-1-3/h6H,1H2;1H,(H,2,3). The number of aliphatic hydroxyl groups is 1. The van der Waals surface area contributed by atoms with Gasteiger partial charge in [-0.15, -0.1) is 0 Å². The third kappa shape index (κ3) is 39.9. The first-order valence-corrected chi connectivity index (χ1v) is 1.72. The molecule has 0 radical (unpaired) electrons. The van der Waals surface area contributed by atoms with Crippen LogP contribution in [0.2, 0.25) is 0 Å². The Labute approximate surface area is 48.7 Å². The summed E-state index contributed by atoms with van der Waals surface area (Å²) in [5.74, 6) is 0. The first-order valence-electron chi connectivity index (χ1n) is 1.72. The summed E-state index contributed by atoms with van der Waals surface area (Å²) >= 11 is 0. The first-order chi connectivity index (χ1) is 3.97. The quantitative estimate of drug-likeness (QED) is 0.521. The van der Waals surface area contributed by atoms with Gasteiger partial charge in [0.1, 0.15) is 0 Å². The van der Waals surface area contributed by atoms with Gasteiger partial charge in [-0.3, -0.25) is 4.79 Å². The van der Waals surface area contributed by atoms with Crippen LogP contribution >= 0.6 is 0 Å². The Balaban J connectivity index is 0. The van der Waals surface area contributed by atoms with E-state index in [1.54, 1.807) is 0 Å². The zero-order valence-corrected chi connectivity index (χ0v) is 4.22. The normalized spacial score (nSPS) is 9.33. The highest BCUT2D eigenvalue weighted by molar-refractivity contribution is 5.32. The monoisotopic (exact) mass is 146 g/mol. The zero-order valence-electron chi connectivity index (χ0n) is 4.22. The van der Waals surface area contributed by atoms with Crippen molar-refractivity contribution < 1.29 is 28.2 Å². The summed E-state index contributed by atoms with van der Waals surface area (Å²) in [6.45, 7) is -2.26. The minimum Gasteiger partial charge on any atom is -0.483 e.